The first-order chi connectivity index (χ1) is 11.6. The molecule has 0 radical (unpaired) electrons. The third kappa shape index (κ3) is 8.88. The standard InChI is InChI=1S/C18H27BrN2O4/c1-12(24-11-13-7-5-6-8-14(13)19)15(9-10-16(20)22)21-17(23)25-18(2,3)4/h5-8,12,15H,9-11H2,1-4H3,(H2,20,22)(H,21,23)/t12-,15+/m1/s1. The lowest BCUT2D eigenvalue weighted by molar-refractivity contribution is -0.118. The SMILES string of the molecule is C[C@@H](OCc1ccccc1Br)[C@H](CCC(N)=O)NC(=O)OC(C)(C)C. The normalized spacial score (nSPS) is 13.8. The van der Waals surface area contributed by atoms with Gasteiger partial charge in [0.25, 0.3) is 0 Å². The van der Waals surface area contributed by atoms with E-state index in [4.69, 9.17) is 15.2 Å². The van der Waals surface area contributed by atoms with E-state index in [9.17, 15) is 9.59 Å². The van der Waals surface area contributed by atoms with E-state index in [1.165, 1.54) is 0 Å². The molecule has 0 saturated heterocycles. The van der Waals surface area contributed by atoms with Gasteiger partial charge in [-0.1, -0.05) is 34.1 Å². The van der Waals surface area contributed by atoms with Gasteiger partial charge in [0, 0.05) is 10.9 Å². The number of alkyl carbamates (subject to hydrolysis) is 1. The zero-order chi connectivity index (χ0) is 19.0. The fourth-order valence-corrected chi connectivity index (χ4v) is 2.53. The highest BCUT2D eigenvalue weighted by molar-refractivity contribution is 9.10. The fraction of sp³-hybridized carbons (Fsp3) is 0.556. The van der Waals surface area contributed by atoms with Gasteiger partial charge in [-0.2, -0.15) is 0 Å². The summed E-state index contributed by atoms with van der Waals surface area (Å²) in [6.45, 7) is 7.60. The second-order valence-corrected chi connectivity index (χ2v) is 7.72. The maximum Gasteiger partial charge on any atom is 0.407 e. The van der Waals surface area contributed by atoms with Crippen LogP contribution in [0.25, 0.3) is 0 Å². The minimum Gasteiger partial charge on any atom is -0.444 e. The number of rotatable bonds is 8. The Hall–Kier alpha value is -1.60. The van der Waals surface area contributed by atoms with Gasteiger partial charge in [0.05, 0.1) is 18.8 Å². The summed E-state index contributed by atoms with van der Waals surface area (Å²) < 4.78 is 12.1. The first-order valence-electron chi connectivity index (χ1n) is 8.21. The van der Waals surface area contributed by atoms with Gasteiger partial charge >= 0.3 is 6.09 Å². The van der Waals surface area contributed by atoms with Crippen LogP contribution in [0.15, 0.2) is 28.7 Å². The van der Waals surface area contributed by atoms with E-state index in [0.29, 0.717) is 13.0 Å². The lowest BCUT2D eigenvalue weighted by atomic mass is 10.1. The molecule has 0 heterocycles. The van der Waals surface area contributed by atoms with E-state index in [0.717, 1.165) is 10.0 Å². The predicted molar refractivity (Wildman–Crippen MR) is 100.0 cm³/mol. The number of halogens is 1. The van der Waals surface area contributed by atoms with Crippen molar-refractivity contribution in [2.75, 3.05) is 0 Å². The number of carbonyl (C=O) groups is 2. The van der Waals surface area contributed by atoms with Crippen molar-refractivity contribution in [2.45, 2.75) is 64.9 Å². The Morgan fingerprint density at radius 2 is 1.92 bits per heavy atom. The number of primary amides is 1. The first kappa shape index (κ1) is 21.4. The number of amides is 2. The molecular formula is C18H27BrN2O4. The molecule has 1 aromatic carbocycles. The minimum atomic E-state index is -0.600. The number of carbonyl (C=O) groups excluding carboxylic acids is 2. The average molecular weight is 415 g/mol. The second kappa shape index (κ2) is 9.77. The summed E-state index contributed by atoms with van der Waals surface area (Å²) in [6, 6.07) is 7.36. The van der Waals surface area contributed by atoms with Gasteiger partial charge < -0.3 is 20.5 Å². The van der Waals surface area contributed by atoms with Crippen molar-refractivity contribution in [2.24, 2.45) is 5.73 Å². The summed E-state index contributed by atoms with van der Waals surface area (Å²) in [6.07, 6.45) is -0.327. The van der Waals surface area contributed by atoms with Crippen LogP contribution in [0.4, 0.5) is 4.79 Å². The number of benzene rings is 1. The van der Waals surface area contributed by atoms with Crippen LogP contribution in [0.3, 0.4) is 0 Å². The molecule has 1 aromatic rings. The fourth-order valence-electron chi connectivity index (χ4n) is 2.13. The van der Waals surface area contributed by atoms with Crippen LogP contribution < -0.4 is 11.1 Å². The molecule has 25 heavy (non-hydrogen) atoms. The van der Waals surface area contributed by atoms with E-state index in [1.54, 1.807) is 20.8 Å². The molecule has 0 fully saturated rings. The topological polar surface area (TPSA) is 90.6 Å². The number of nitrogens with one attached hydrogen (secondary N) is 1. The molecule has 2 atom stereocenters. The quantitative estimate of drug-likeness (QED) is 0.680. The molecule has 3 N–H and O–H groups in total. The highest BCUT2D eigenvalue weighted by Gasteiger charge is 2.24. The molecular weight excluding hydrogens is 388 g/mol. The Labute approximate surface area is 157 Å². The molecule has 0 aliphatic rings. The highest BCUT2D eigenvalue weighted by atomic mass is 79.9. The zero-order valence-electron chi connectivity index (χ0n) is 15.2. The average Bonchev–Trinajstić information content (AvgIpc) is 2.48. The molecule has 0 aliphatic carbocycles. The van der Waals surface area contributed by atoms with Gasteiger partial charge in [0.2, 0.25) is 5.91 Å². The summed E-state index contributed by atoms with van der Waals surface area (Å²) in [5.74, 6) is -0.422. The van der Waals surface area contributed by atoms with Crippen molar-refractivity contribution in [3.8, 4) is 0 Å². The van der Waals surface area contributed by atoms with Crippen LogP contribution in [0.5, 0.6) is 0 Å². The van der Waals surface area contributed by atoms with Gasteiger partial charge in [0.1, 0.15) is 5.60 Å². The largest absolute Gasteiger partial charge is 0.444 e. The van der Waals surface area contributed by atoms with Crippen molar-refractivity contribution in [1.82, 2.24) is 5.32 Å². The Balaban J connectivity index is 2.68. The van der Waals surface area contributed by atoms with E-state index >= 15 is 0 Å². The summed E-state index contributed by atoms with van der Waals surface area (Å²) in [7, 11) is 0. The number of hydrogen-bond acceptors (Lipinski definition) is 4. The number of nitrogens with two attached hydrogens (primary N) is 1. The maximum absolute atomic E-state index is 12.0. The lowest BCUT2D eigenvalue weighted by Gasteiger charge is -2.27. The maximum atomic E-state index is 12.0. The van der Waals surface area contributed by atoms with E-state index in [2.05, 4.69) is 21.2 Å². The first-order valence-corrected chi connectivity index (χ1v) is 9.00. The summed E-state index contributed by atoms with van der Waals surface area (Å²) in [5, 5.41) is 2.77. The minimum absolute atomic E-state index is 0.156. The van der Waals surface area contributed by atoms with Gasteiger partial charge in [-0.05, 0) is 45.7 Å². The van der Waals surface area contributed by atoms with Crippen molar-refractivity contribution in [1.29, 1.82) is 0 Å². The second-order valence-electron chi connectivity index (χ2n) is 6.87. The molecule has 0 spiro atoms. The Morgan fingerprint density at radius 1 is 1.28 bits per heavy atom. The summed E-state index contributed by atoms with van der Waals surface area (Å²) in [5.41, 5.74) is 5.63. The molecule has 0 aromatic heterocycles. The molecule has 2 amide bonds. The van der Waals surface area contributed by atoms with Crippen LogP contribution in [0, 0.1) is 0 Å². The Morgan fingerprint density at radius 3 is 2.48 bits per heavy atom. The predicted octanol–water partition coefficient (Wildman–Crippen LogP) is 3.51. The molecule has 1 rings (SSSR count). The van der Waals surface area contributed by atoms with Gasteiger partial charge in [0.15, 0.2) is 0 Å². The monoisotopic (exact) mass is 414 g/mol. The van der Waals surface area contributed by atoms with Gasteiger partial charge in [-0.15, -0.1) is 0 Å². The molecule has 0 aliphatic heterocycles. The van der Waals surface area contributed by atoms with E-state index < -0.39 is 17.6 Å². The zero-order valence-corrected chi connectivity index (χ0v) is 16.8. The summed E-state index contributed by atoms with van der Waals surface area (Å²) in [4.78, 5) is 23.1. The van der Waals surface area contributed by atoms with Crippen LogP contribution in [0.2, 0.25) is 0 Å². The van der Waals surface area contributed by atoms with Crippen LogP contribution >= 0.6 is 15.9 Å². The van der Waals surface area contributed by atoms with Crippen LogP contribution in [0.1, 0.15) is 46.1 Å². The molecule has 7 heteroatoms. The third-order valence-electron chi connectivity index (χ3n) is 3.43. The Kier molecular flexibility index (Phi) is 8.38. The van der Waals surface area contributed by atoms with Crippen molar-refractivity contribution in [3.05, 3.63) is 34.3 Å². The smallest absolute Gasteiger partial charge is 0.407 e. The number of ether oxygens (including phenoxy) is 2. The van der Waals surface area contributed by atoms with Crippen molar-refractivity contribution < 1.29 is 19.1 Å². The molecule has 0 bridgehead atoms. The molecule has 0 saturated carbocycles. The van der Waals surface area contributed by atoms with Crippen molar-refractivity contribution in [3.63, 3.8) is 0 Å². The molecule has 6 nitrogen and oxygen atoms in total. The van der Waals surface area contributed by atoms with E-state index in [-0.39, 0.29) is 18.6 Å². The lowest BCUT2D eigenvalue weighted by Crippen LogP contribution is -2.45. The van der Waals surface area contributed by atoms with E-state index in [1.807, 2.05) is 31.2 Å². The van der Waals surface area contributed by atoms with Crippen LogP contribution in [-0.4, -0.2) is 29.7 Å². The third-order valence-corrected chi connectivity index (χ3v) is 4.20. The van der Waals surface area contributed by atoms with Crippen LogP contribution in [-0.2, 0) is 20.9 Å². The van der Waals surface area contributed by atoms with Gasteiger partial charge in [-0.25, -0.2) is 4.79 Å². The number of hydrogen-bond donors (Lipinski definition) is 2. The van der Waals surface area contributed by atoms with Crippen molar-refractivity contribution >= 4 is 27.9 Å². The van der Waals surface area contributed by atoms with Gasteiger partial charge in [-0.3, -0.25) is 4.79 Å². The molecule has 0 unspecified atom stereocenters. The Bertz CT molecular complexity index is 587. The summed E-state index contributed by atoms with van der Waals surface area (Å²) >= 11 is 3.48. The highest BCUT2D eigenvalue weighted by Crippen LogP contribution is 2.18. The molecule has 140 valence electrons.